The molecule has 0 radical (unpaired) electrons. The highest BCUT2D eigenvalue weighted by Crippen LogP contribution is 2.22. The van der Waals surface area contributed by atoms with Gasteiger partial charge in [0, 0.05) is 29.8 Å². The summed E-state index contributed by atoms with van der Waals surface area (Å²) >= 11 is 0. The number of nitrogens with one attached hydrogen (secondary N) is 2. The van der Waals surface area contributed by atoms with E-state index in [4.69, 9.17) is 4.74 Å². The van der Waals surface area contributed by atoms with Gasteiger partial charge in [0.2, 0.25) is 0 Å². The van der Waals surface area contributed by atoms with Gasteiger partial charge in [-0.3, -0.25) is 4.72 Å². The molecule has 0 unspecified atom stereocenters. The molecule has 0 spiro atoms. The lowest BCUT2D eigenvalue weighted by Crippen LogP contribution is -2.12. The summed E-state index contributed by atoms with van der Waals surface area (Å²) in [5, 5.41) is 7.39. The average Bonchev–Trinajstić information content (AvgIpc) is 3.30. The van der Waals surface area contributed by atoms with Crippen LogP contribution in [0.5, 0.6) is 5.75 Å². The molecule has 0 fully saturated rings. The van der Waals surface area contributed by atoms with Crippen LogP contribution in [0.25, 0.3) is 5.82 Å². The molecule has 32 heavy (non-hydrogen) atoms. The minimum atomic E-state index is -3.71. The highest BCUT2D eigenvalue weighted by Gasteiger charge is 2.14. The molecule has 2 aromatic heterocycles. The van der Waals surface area contributed by atoms with Crippen LogP contribution in [0.4, 0.5) is 17.2 Å². The lowest BCUT2D eigenvalue weighted by molar-refractivity contribution is 0.340. The van der Waals surface area contributed by atoms with Crippen molar-refractivity contribution in [2.45, 2.75) is 18.7 Å². The number of nitrogens with zero attached hydrogens (tertiary/aromatic N) is 4. The van der Waals surface area contributed by atoms with Crippen molar-refractivity contribution in [1.82, 2.24) is 19.7 Å². The third kappa shape index (κ3) is 5.03. The number of ether oxygens (including phenoxy) is 1. The van der Waals surface area contributed by atoms with Crippen LogP contribution >= 0.6 is 0 Å². The van der Waals surface area contributed by atoms with Gasteiger partial charge < -0.3 is 10.1 Å². The monoisotopic (exact) mass is 450 g/mol. The van der Waals surface area contributed by atoms with E-state index >= 15 is 0 Å². The molecule has 0 aliphatic rings. The van der Waals surface area contributed by atoms with Gasteiger partial charge in [0.05, 0.1) is 11.5 Å². The maximum absolute atomic E-state index is 12.6. The predicted molar refractivity (Wildman–Crippen MR) is 122 cm³/mol. The molecular weight excluding hydrogens is 428 g/mol. The maximum atomic E-state index is 12.6. The van der Waals surface area contributed by atoms with Crippen molar-refractivity contribution in [2.24, 2.45) is 0 Å². The summed E-state index contributed by atoms with van der Waals surface area (Å²) in [6.45, 7) is 4.19. The maximum Gasteiger partial charge on any atom is 0.261 e. The van der Waals surface area contributed by atoms with Crippen LogP contribution in [0.1, 0.15) is 12.7 Å². The number of aromatic nitrogens is 4. The molecule has 0 saturated heterocycles. The van der Waals surface area contributed by atoms with E-state index in [1.54, 1.807) is 66.5 Å². The molecule has 0 atom stereocenters. The highest BCUT2D eigenvalue weighted by molar-refractivity contribution is 7.92. The summed E-state index contributed by atoms with van der Waals surface area (Å²) < 4.78 is 34.9. The van der Waals surface area contributed by atoms with Crippen molar-refractivity contribution in [3.05, 3.63) is 78.9 Å². The summed E-state index contributed by atoms with van der Waals surface area (Å²) in [5.74, 6) is 2.47. The second-order valence-corrected chi connectivity index (χ2v) is 8.50. The van der Waals surface area contributed by atoms with Crippen molar-refractivity contribution in [1.29, 1.82) is 0 Å². The van der Waals surface area contributed by atoms with E-state index in [-0.39, 0.29) is 4.90 Å². The Morgan fingerprint density at radius 2 is 1.72 bits per heavy atom. The normalized spacial score (nSPS) is 11.2. The lowest BCUT2D eigenvalue weighted by atomic mass is 10.3. The van der Waals surface area contributed by atoms with Gasteiger partial charge in [0.15, 0.2) is 5.82 Å². The SMILES string of the molecule is CCOc1ccc(S(=O)(=O)Nc2ccc(Nc3cc(-n4cccn4)nc(C)n3)cc2)cc1. The van der Waals surface area contributed by atoms with Crippen molar-refractivity contribution in [2.75, 3.05) is 16.6 Å². The van der Waals surface area contributed by atoms with Crippen molar-refractivity contribution < 1.29 is 13.2 Å². The van der Waals surface area contributed by atoms with E-state index in [9.17, 15) is 8.42 Å². The Balaban J connectivity index is 1.46. The van der Waals surface area contributed by atoms with Gasteiger partial charge in [-0.05, 0) is 68.4 Å². The Labute approximate surface area is 186 Å². The van der Waals surface area contributed by atoms with E-state index in [0.717, 1.165) is 5.69 Å². The Kier molecular flexibility index (Phi) is 6.04. The largest absolute Gasteiger partial charge is 0.494 e. The molecule has 0 bridgehead atoms. The quantitative estimate of drug-likeness (QED) is 0.419. The van der Waals surface area contributed by atoms with Gasteiger partial charge in [0.1, 0.15) is 17.4 Å². The van der Waals surface area contributed by atoms with Crippen LogP contribution < -0.4 is 14.8 Å². The molecule has 0 amide bonds. The number of hydrogen-bond donors (Lipinski definition) is 2. The Morgan fingerprint density at radius 1 is 1.00 bits per heavy atom. The minimum Gasteiger partial charge on any atom is -0.494 e. The molecule has 9 nitrogen and oxygen atoms in total. The number of rotatable bonds is 8. The summed E-state index contributed by atoms with van der Waals surface area (Å²) in [4.78, 5) is 8.94. The molecule has 2 N–H and O–H groups in total. The zero-order chi connectivity index (χ0) is 22.6. The fourth-order valence-corrected chi connectivity index (χ4v) is 4.06. The predicted octanol–water partition coefficient (Wildman–Crippen LogP) is 3.91. The van der Waals surface area contributed by atoms with Crippen LogP contribution in [-0.2, 0) is 10.0 Å². The second-order valence-electron chi connectivity index (χ2n) is 6.82. The van der Waals surface area contributed by atoms with Crippen molar-refractivity contribution in [3.63, 3.8) is 0 Å². The fourth-order valence-electron chi connectivity index (χ4n) is 3.00. The first-order chi connectivity index (χ1) is 15.4. The molecule has 4 rings (SSSR count). The zero-order valence-electron chi connectivity index (χ0n) is 17.6. The minimum absolute atomic E-state index is 0.158. The Bertz CT molecular complexity index is 1290. The fraction of sp³-hybridized carbons (Fsp3) is 0.136. The molecule has 4 aromatic rings. The third-order valence-corrected chi connectivity index (χ3v) is 5.82. The van der Waals surface area contributed by atoms with Crippen molar-refractivity contribution in [3.8, 4) is 11.6 Å². The summed E-state index contributed by atoms with van der Waals surface area (Å²) in [6, 6.07) is 16.8. The van der Waals surface area contributed by atoms with E-state index in [2.05, 4.69) is 25.1 Å². The molecule has 0 aliphatic heterocycles. The number of hydrogen-bond acceptors (Lipinski definition) is 7. The smallest absolute Gasteiger partial charge is 0.261 e. The first-order valence-electron chi connectivity index (χ1n) is 9.91. The molecular formula is C22H22N6O3S. The van der Waals surface area contributed by atoms with Gasteiger partial charge in [-0.15, -0.1) is 0 Å². The van der Waals surface area contributed by atoms with E-state index in [0.29, 0.717) is 35.5 Å². The van der Waals surface area contributed by atoms with Crippen LogP contribution in [0.2, 0.25) is 0 Å². The second kappa shape index (κ2) is 9.06. The summed E-state index contributed by atoms with van der Waals surface area (Å²) in [7, 11) is -3.71. The van der Waals surface area contributed by atoms with E-state index in [1.807, 2.05) is 13.0 Å². The third-order valence-electron chi connectivity index (χ3n) is 4.42. The molecule has 10 heteroatoms. The van der Waals surface area contributed by atoms with Gasteiger partial charge in [-0.1, -0.05) is 0 Å². The number of benzene rings is 2. The van der Waals surface area contributed by atoms with Gasteiger partial charge in [-0.25, -0.2) is 23.1 Å². The molecule has 0 saturated carbocycles. The summed E-state index contributed by atoms with van der Waals surface area (Å²) in [6.07, 6.45) is 3.48. The van der Waals surface area contributed by atoms with E-state index < -0.39 is 10.0 Å². The van der Waals surface area contributed by atoms with E-state index in [1.165, 1.54) is 12.1 Å². The zero-order valence-corrected chi connectivity index (χ0v) is 18.4. The van der Waals surface area contributed by atoms with Crippen LogP contribution in [0.3, 0.4) is 0 Å². The Morgan fingerprint density at radius 3 is 2.38 bits per heavy atom. The first-order valence-corrected chi connectivity index (χ1v) is 11.4. The van der Waals surface area contributed by atoms with Crippen LogP contribution in [0.15, 0.2) is 78.0 Å². The van der Waals surface area contributed by atoms with Crippen molar-refractivity contribution >= 4 is 27.2 Å². The topological polar surface area (TPSA) is 111 Å². The highest BCUT2D eigenvalue weighted by atomic mass is 32.2. The molecule has 2 heterocycles. The summed E-state index contributed by atoms with van der Waals surface area (Å²) in [5.41, 5.74) is 1.19. The first kappa shape index (κ1) is 21.3. The van der Waals surface area contributed by atoms with Gasteiger partial charge in [-0.2, -0.15) is 5.10 Å². The average molecular weight is 451 g/mol. The number of sulfonamides is 1. The van der Waals surface area contributed by atoms with Gasteiger partial charge >= 0.3 is 0 Å². The van der Waals surface area contributed by atoms with Crippen LogP contribution in [0, 0.1) is 6.92 Å². The molecule has 164 valence electrons. The molecule has 0 aliphatic carbocycles. The Hall–Kier alpha value is -3.92. The number of aryl methyl sites for hydroxylation is 1. The number of anilines is 3. The van der Waals surface area contributed by atoms with Crippen LogP contribution in [-0.4, -0.2) is 34.8 Å². The standard InChI is InChI=1S/C22H22N6O3S/c1-3-31-19-9-11-20(12-10-19)32(29,30)27-18-7-5-17(6-8-18)26-21-15-22(25-16(2)24-21)28-14-4-13-23-28/h4-15,27H,3H2,1-2H3,(H,24,25,26). The molecule has 2 aromatic carbocycles. The lowest BCUT2D eigenvalue weighted by Gasteiger charge is -2.11. The van der Waals surface area contributed by atoms with Gasteiger partial charge in [0.25, 0.3) is 10.0 Å².